The Balaban J connectivity index is 1.89. The van der Waals surface area contributed by atoms with E-state index in [0.717, 1.165) is 12.0 Å². The summed E-state index contributed by atoms with van der Waals surface area (Å²) in [6, 6.07) is 14.7. The molecule has 0 heterocycles. The summed E-state index contributed by atoms with van der Waals surface area (Å²) in [5.41, 5.74) is 1.93. The van der Waals surface area contributed by atoms with Gasteiger partial charge in [0.05, 0.1) is 13.2 Å². The van der Waals surface area contributed by atoms with E-state index in [1.54, 1.807) is 82.9 Å². The Hall–Kier alpha value is -2.78. The predicted molar refractivity (Wildman–Crippen MR) is 124 cm³/mol. The molecule has 2 aromatic rings. The average molecular weight is 459 g/mol. The number of benzene rings is 2. The molecule has 172 valence electrons. The molecule has 0 fully saturated rings. The van der Waals surface area contributed by atoms with Crippen molar-refractivity contribution in [1.82, 2.24) is 0 Å². The lowest BCUT2D eigenvalue weighted by atomic mass is 10.0. The molecule has 0 radical (unpaired) electrons. The normalized spacial score (nSPS) is 11.5. The molecule has 0 saturated carbocycles. The first kappa shape index (κ1) is 25.5. The third kappa shape index (κ3) is 7.42. The van der Waals surface area contributed by atoms with Gasteiger partial charge in [0.2, 0.25) is 0 Å². The summed E-state index contributed by atoms with van der Waals surface area (Å²) in [4.78, 5) is 24.1. The quantitative estimate of drug-likeness (QED) is 0.147. The average Bonchev–Trinajstić information content (AvgIpc) is 2.84. The van der Waals surface area contributed by atoms with Gasteiger partial charge in [-0.25, -0.2) is 4.79 Å². The molecule has 2 aromatic carbocycles. The lowest BCUT2D eigenvalue weighted by Gasteiger charge is -2.24. The molecule has 32 heavy (non-hydrogen) atoms. The fraction of sp³-hybridized carbons (Fsp3) is 0.333. The number of carbonyl (C=O) groups is 2. The van der Waals surface area contributed by atoms with Crippen molar-refractivity contribution in [2.24, 2.45) is 0 Å². The molecule has 0 N–H and O–H groups in total. The predicted octanol–water partition coefficient (Wildman–Crippen LogP) is 4.14. The van der Waals surface area contributed by atoms with Crippen LogP contribution in [0.1, 0.15) is 34.8 Å². The van der Waals surface area contributed by atoms with Crippen LogP contribution in [0.15, 0.2) is 54.6 Å². The Morgan fingerprint density at radius 3 is 1.97 bits per heavy atom. The molecule has 0 spiro atoms. The smallest absolute Gasteiger partial charge is 0.494 e. The first-order valence-electron chi connectivity index (χ1n) is 10.3. The van der Waals surface area contributed by atoms with Crippen molar-refractivity contribution in [3.8, 4) is 5.75 Å². The van der Waals surface area contributed by atoms with Crippen molar-refractivity contribution in [3.63, 3.8) is 0 Å². The Morgan fingerprint density at radius 2 is 1.44 bits per heavy atom. The summed E-state index contributed by atoms with van der Waals surface area (Å²) >= 11 is 0. The number of hydrogen-bond donors (Lipinski definition) is 0. The molecular formula is C24H30O7Si. The van der Waals surface area contributed by atoms with Crippen molar-refractivity contribution in [3.05, 3.63) is 71.3 Å². The molecule has 0 aliphatic heterocycles. The molecule has 0 aliphatic carbocycles. The maximum Gasteiger partial charge on any atom is 0.500 e. The summed E-state index contributed by atoms with van der Waals surface area (Å²) < 4.78 is 26.8. The van der Waals surface area contributed by atoms with Gasteiger partial charge in [-0.1, -0.05) is 24.3 Å². The van der Waals surface area contributed by atoms with E-state index in [4.69, 9.17) is 22.8 Å². The van der Waals surface area contributed by atoms with Gasteiger partial charge >= 0.3 is 14.8 Å². The molecule has 0 saturated heterocycles. The van der Waals surface area contributed by atoms with Crippen molar-refractivity contribution in [2.45, 2.75) is 19.4 Å². The molecule has 0 atom stereocenters. The topological polar surface area (TPSA) is 80.3 Å². The zero-order chi connectivity index (χ0) is 23.4. The van der Waals surface area contributed by atoms with Gasteiger partial charge in [-0.2, -0.15) is 0 Å². The highest BCUT2D eigenvalue weighted by Crippen LogP contribution is 2.19. The fourth-order valence-corrected chi connectivity index (χ4v) is 4.69. The van der Waals surface area contributed by atoms with Crippen LogP contribution in [0, 0.1) is 0 Å². The summed E-state index contributed by atoms with van der Waals surface area (Å²) in [6.07, 6.45) is 3.73. The fourth-order valence-electron chi connectivity index (χ4n) is 3.00. The van der Waals surface area contributed by atoms with Gasteiger partial charge in [0.1, 0.15) is 5.75 Å². The number of hydrogen-bond acceptors (Lipinski definition) is 7. The van der Waals surface area contributed by atoms with E-state index < -0.39 is 14.8 Å². The molecule has 0 amide bonds. The van der Waals surface area contributed by atoms with Gasteiger partial charge in [-0.15, -0.1) is 0 Å². The van der Waals surface area contributed by atoms with Gasteiger partial charge in [0, 0.05) is 44.6 Å². The maximum atomic E-state index is 12.7. The van der Waals surface area contributed by atoms with Crippen molar-refractivity contribution < 1.29 is 32.3 Å². The number of ether oxygens (including phenoxy) is 2. The monoisotopic (exact) mass is 458 g/mol. The maximum absolute atomic E-state index is 12.7. The van der Waals surface area contributed by atoms with E-state index >= 15 is 0 Å². The highest BCUT2D eigenvalue weighted by Gasteiger charge is 2.36. The van der Waals surface area contributed by atoms with Gasteiger partial charge in [-0.3, -0.25) is 4.79 Å². The standard InChI is InChI=1S/C24H30O7Si/c1-5-30-23(25)16-9-19-7-10-20(11-8-19)24(26)21-12-14-22(15-13-21)31-17-6-18-32(27-2,28-3)29-4/h7-16H,5-6,17-18H2,1-4H3/b16-9+. The minimum absolute atomic E-state index is 0.0893. The minimum Gasteiger partial charge on any atom is -0.494 e. The lowest BCUT2D eigenvalue weighted by Crippen LogP contribution is -2.42. The molecule has 0 bridgehead atoms. The second-order valence-electron chi connectivity index (χ2n) is 6.81. The summed E-state index contributed by atoms with van der Waals surface area (Å²) in [7, 11) is 2.17. The third-order valence-corrected chi connectivity index (χ3v) is 7.65. The van der Waals surface area contributed by atoms with Crippen LogP contribution >= 0.6 is 0 Å². The summed E-state index contributed by atoms with van der Waals surface area (Å²) in [6.45, 7) is 2.57. The Kier molecular flexibility index (Phi) is 10.3. The molecule has 0 unspecified atom stereocenters. The van der Waals surface area contributed by atoms with Crippen LogP contribution in [0.2, 0.25) is 6.04 Å². The molecule has 7 nitrogen and oxygen atoms in total. The van der Waals surface area contributed by atoms with Crippen LogP contribution in [0.25, 0.3) is 6.08 Å². The highest BCUT2D eigenvalue weighted by atomic mass is 28.4. The number of rotatable bonds is 13. The van der Waals surface area contributed by atoms with E-state index in [1.165, 1.54) is 6.08 Å². The Bertz CT molecular complexity index is 879. The first-order chi connectivity index (χ1) is 15.5. The van der Waals surface area contributed by atoms with E-state index in [9.17, 15) is 9.59 Å². The van der Waals surface area contributed by atoms with Gasteiger partial charge in [0.15, 0.2) is 5.78 Å². The van der Waals surface area contributed by atoms with E-state index in [2.05, 4.69) is 0 Å². The van der Waals surface area contributed by atoms with Crippen LogP contribution in [0.5, 0.6) is 5.75 Å². The van der Waals surface area contributed by atoms with Crippen LogP contribution in [-0.4, -0.2) is 55.1 Å². The van der Waals surface area contributed by atoms with Crippen LogP contribution in [0.3, 0.4) is 0 Å². The zero-order valence-electron chi connectivity index (χ0n) is 19.0. The number of esters is 1. The second kappa shape index (κ2) is 12.9. The van der Waals surface area contributed by atoms with Crippen LogP contribution in [-0.2, 0) is 22.8 Å². The van der Waals surface area contributed by atoms with Crippen LogP contribution in [0.4, 0.5) is 0 Å². The largest absolute Gasteiger partial charge is 0.500 e. The molecule has 0 aromatic heterocycles. The van der Waals surface area contributed by atoms with Crippen LogP contribution < -0.4 is 4.74 Å². The summed E-state index contributed by atoms with van der Waals surface area (Å²) in [5.74, 6) is 0.196. The van der Waals surface area contributed by atoms with E-state index in [-0.39, 0.29) is 5.78 Å². The van der Waals surface area contributed by atoms with Gasteiger partial charge in [-0.05, 0) is 49.2 Å². The zero-order valence-corrected chi connectivity index (χ0v) is 20.0. The SMILES string of the molecule is CCOC(=O)/C=C/c1ccc(C(=O)c2ccc(OCCC[Si](OC)(OC)OC)cc2)cc1. The molecular weight excluding hydrogens is 428 g/mol. The molecule has 2 rings (SSSR count). The summed E-state index contributed by atoms with van der Waals surface area (Å²) in [5, 5.41) is 0. The van der Waals surface area contributed by atoms with Gasteiger partial charge in [0.25, 0.3) is 0 Å². The van der Waals surface area contributed by atoms with Gasteiger partial charge < -0.3 is 22.8 Å². The number of ketones is 1. The Labute approximate surface area is 190 Å². The van der Waals surface area contributed by atoms with E-state index in [0.29, 0.717) is 36.1 Å². The molecule has 8 heteroatoms. The third-order valence-electron chi connectivity index (χ3n) is 4.82. The molecule has 0 aliphatic rings. The highest BCUT2D eigenvalue weighted by molar-refractivity contribution is 6.60. The van der Waals surface area contributed by atoms with Crippen molar-refractivity contribution in [1.29, 1.82) is 0 Å². The Morgan fingerprint density at radius 1 is 0.875 bits per heavy atom. The second-order valence-corrected chi connectivity index (χ2v) is 9.90. The van der Waals surface area contributed by atoms with E-state index in [1.807, 2.05) is 0 Å². The lowest BCUT2D eigenvalue weighted by molar-refractivity contribution is -0.137. The number of carbonyl (C=O) groups excluding carboxylic acids is 2. The van der Waals surface area contributed by atoms with Crippen molar-refractivity contribution >= 4 is 26.6 Å². The first-order valence-corrected chi connectivity index (χ1v) is 12.3. The van der Waals surface area contributed by atoms with Crippen molar-refractivity contribution in [2.75, 3.05) is 34.5 Å². The minimum atomic E-state index is -2.59.